The number of furan rings is 1. The topological polar surface area (TPSA) is 25.2 Å². The van der Waals surface area contributed by atoms with E-state index in [4.69, 9.17) is 16.0 Å². The summed E-state index contributed by atoms with van der Waals surface area (Å²) in [4.78, 5) is 0. The third kappa shape index (κ3) is 2.70. The fraction of sp³-hybridized carbons (Fsp3) is 0.375. The lowest BCUT2D eigenvalue weighted by molar-refractivity contribution is 0.353. The Morgan fingerprint density at radius 2 is 2.11 bits per heavy atom. The molecule has 0 saturated carbocycles. The van der Waals surface area contributed by atoms with Gasteiger partial charge in [0, 0.05) is 10.6 Å². The molecule has 2 heterocycles. The molecule has 1 saturated heterocycles. The summed E-state index contributed by atoms with van der Waals surface area (Å²) in [5.74, 6) is 1.93. The largest absolute Gasteiger partial charge is 0.459 e. The van der Waals surface area contributed by atoms with Crippen LogP contribution in [0.15, 0.2) is 34.7 Å². The van der Waals surface area contributed by atoms with Crippen molar-refractivity contribution in [1.29, 1.82) is 0 Å². The van der Waals surface area contributed by atoms with Crippen LogP contribution >= 0.6 is 11.6 Å². The molecule has 100 valence electrons. The van der Waals surface area contributed by atoms with Gasteiger partial charge >= 0.3 is 0 Å². The summed E-state index contributed by atoms with van der Waals surface area (Å²) in [6, 6.07) is 10.5. The van der Waals surface area contributed by atoms with Gasteiger partial charge in [-0.3, -0.25) is 0 Å². The molecule has 0 amide bonds. The zero-order valence-corrected chi connectivity index (χ0v) is 11.8. The first-order valence-corrected chi connectivity index (χ1v) is 7.21. The fourth-order valence-electron chi connectivity index (χ4n) is 2.54. The highest BCUT2D eigenvalue weighted by molar-refractivity contribution is 6.31. The van der Waals surface area contributed by atoms with E-state index in [0.717, 1.165) is 40.6 Å². The van der Waals surface area contributed by atoms with Gasteiger partial charge in [-0.05, 0) is 50.1 Å². The highest BCUT2D eigenvalue weighted by atomic mass is 35.5. The molecule has 0 spiro atoms. The Balaban J connectivity index is 1.85. The van der Waals surface area contributed by atoms with Crippen molar-refractivity contribution >= 4 is 11.6 Å². The first-order valence-electron chi connectivity index (χ1n) is 6.84. The van der Waals surface area contributed by atoms with E-state index in [-0.39, 0.29) is 0 Å². The lowest BCUT2D eigenvalue weighted by Crippen LogP contribution is -2.26. The van der Waals surface area contributed by atoms with Gasteiger partial charge in [0.1, 0.15) is 11.5 Å². The van der Waals surface area contributed by atoms with Crippen LogP contribution in [0.3, 0.4) is 0 Å². The van der Waals surface area contributed by atoms with Crippen molar-refractivity contribution in [2.45, 2.75) is 32.2 Å². The first-order chi connectivity index (χ1) is 9.24. The average molecular weight is 276 g/mol. The molecule has 1 aromatic carbocycles. The van der Waals surface area contributed by atoms with Gasteiger partial charge in [-0.15, -0.1) is 0 Å². The summed E-state index contributed by atoms with van der Waals surface area (Å²) in [6.45, 7) is 3.09. The van der Waals surface area contributed by atoms with Gasteiger partial charge in [-0.25, -0.2) is 0 Å². The van der Waals surface area contributed by atoms with Crippen molar-refractivity contribution in [1.82, 2.24) is 5.32 Å². The molecule has 2 aromatic rings. The Morgan fingerprint density at radius 1 is 1.21 bits per heavy atom. The standard InChI is InChI=1S/C16H18ClNO/c1-11-5-6-12(10-13(11)17)15-7-8-16(19-15)14-4-2-3-9-18-14/h5-8,10,14,18H,2-4,9H2,1H3/t14-/m1/s1. The van der Waals surface area contributed by atoms with Gasteiger partial charge in [0.25, 0.3) is 0 Å². The van der Waals surface area contributed by atoms with Crippen LogP contribution in [0.1, 0.15) is 36.6 Å². The molecular formula is C16H18ClNO. The predicted molar refractivity (Wildman–Crippen MR) is 78.5 cm³/mol. The van der Waals surface area contributed by atoms with E-state index in [9.17, 15) is 0 Å². The van der Waals surface area contributed by atoms with Crippen LogP contribution < -0.4 is 5.32 Å². The summed E-state index contributed by atoms with van der Waals surface area (Å²) in [6.07, 6.45) is 3.68. The second kappa shape index (κ2) is 5.40. The van der Waals surface area contributed by atoms with Crippen molar-refractivity contribution in [3.8, 4) is 11.3 Å². The second-order valence-corrected chi connectivity index (χ2v) is 5.58. The molecule has 1 N–H and O–H groups in total. The molecule has 3 heteroatoms. The summed E-state index contributed by atoms with van der Waals surface area (Å²) in [7, 11) is 0. The van der Waals surface area contributed by atoms with Crippen molar-refractivity contribution in [2.24, 2.45) is 0 Å². The molecule has 1 atom stereocenters. The Labute approximate surface area is 118 Å². The number of hydrogen-bond acceptors (Lipinski definition) is 2. The summed E-state index contributed by atoms with van der Waals surface area (Å²) in [5.41, 5.74) is 2.13. The van der Waals surface area contributed by atoms with Gasteiger partial charge in [0.15, 0.2) is 0 Å². The van der Waals surface area contributed by atoms with Crippen LogP contribution in [-0.2, 0) is 0 Å². The number of aryl methyl sites for hydroxylation is 1. The lowest BCUT2D eigenvalue weighted by Gasteiger charge is -2.21. The van der Waals surface area contributed by atoms with E-state index >= 15 is 0 Å². The molecule has 1 aliphatic rings. The molecule has 0 radical (unpaired) electrons. The summed E-state index contributed by atoms with van der Waals surface area (Å²) in [5, 5.41) is 4.28. The van der Waals surface area contributed by atoms with Gasteiger partial charge in [0.05, 0.1) is 6.04 Å². The van der Waals surface area contributed by atoms with Gasteiger partial charge in [0.2, 0.25) is 0 Å². The quantitative estimate of drug-likeness (QED) is 0.858. The first kappa shape index (κ1) is 12.8. The number of benzene rings is 1. The van der Waals surface area contributed by atoms with Crippen LogP contribution in [0.4, 0.5) is 0 Å². The van der Waals surface area contributed by atoms with E-state index in [1.54, 1.807) is 0 Å². The smallest absolute Gasteiger partial charge is 0.134 e. The maximum absolute atomic E-state index is 6.17. The van der Waals surface area contributed by atoms with Gasteiger partial charge in [-0.2, -0.15) is 0 Å². The Kier molecular flexibility index (Phi) is 3.63. The van der Waals surface area contributed by atoms with E-state index in [1.165, 1.54) is 12.8 Å². The molecule has 0 aliphatic carbocycles. The number of hydrogen-bond donors (Lipinski definition) is 1. The van der Waals surface area contributed by atoms with E-state index in [1.807, 2.05) is 25.1 Å². The van der Waals surface area contributed by atoms with Crippen molar-refractivity contribution < 1.29 is 4.42 Å². The third-order valence-electron chi connectivity index (χ3n) is 3.74. The average Bonchev–Trinajstić information content (AvgIpc) is 2.93. The van der Waals surface area contributed by atoms with Gasteiger partial charge < -0.3 is 9.73 Å². The molecule has 3 rings (SSSR count). The van der Waals surface area contributed by atoms with Crippen LogP contribution in [-0.4, -0.2) is 6.54 Å². The minimum absolute atomic E-state index is 0.364. The van der Waals surface area contributed by atoms with Crippen LogP contribution in [0.25, 0.3) is 11.3 Å². The van der Waals surface area contributed by atoms with Crippen molar-refractivity contribution in [2.75, 3.05) is 6.54 Å². The monoisotopic (exact) mass is 275 g/mol. The molecule has 0 unspecified atom stereocenters. The number of piperidine rings is 1. The Bertz CT molecular complexity index is 570. The van der Waals surface area contributed by atoms with E-state index in [0.29, 0.717) is 6.04 Å². The zero-order valence-electron chi connectivity index (χ0n) is 11.1. The number of halogens is 1. The summed E-state index contributed by atoms with van der Waals surface area (Å²) >= 11 is 6.17. The van der Waals surface area contributed by atoms with Crippen LogP contribution in [0.5, 0.6) is 0 Å². The number of nitrogens with one attached hydrogen (secondary N) is 1. The highest BCUT2D eigenvalue weighted by Crippen LogP contribution is 2.31. The molecule has 1 aliphatic heterocycles. The Morgan fingerprint density at radius 3 is 2.84 bits per heavy atom. The number of rotatable bonds is 2. The SMILES string of the molecule is Cc1ccc(-c2ccc([C@H]3CCCCN3)o2)cc1Cl. The van der Waals surface area contributed by atoms with E-state index in [2.05, 4.69) is 17.4 Å². The zero-order chi connectivity index (χ0) is 13.2. The van der Waals surface area contributed by atoms with Crippen molar-refractivity contribution in [3.05, 3.63) is 46.7 Å². The maximum atomic E-state index is 6.17. The molecule has 1 aromatic heterocycles. The second-order valence-electron chi connectivity index (χ2n) is 5.17. The van der Waals surface area contributed by atoms with Crippen LogP contribution in [0.2, 0.25) is 5.02 Å². The Hall–Kier alpha value is -1.25. The minimum atomic E-state index is 0.364. The summed E-state index contributed by atoms with van der Waals surface area (Å²) < 4.78 is 5.98. The molecular weight excluding hydrogens is 258 g/mol. The maximum Gasteiger partial charge on any atom is 0.134 e. The fourth-order valence-corrected chi connectivity index (χ4v) is 2.72. The predicted octanol–water partition coefficient (Wildman–Crippen LogP) is 4.72. The van der Waals surface area contributed by atoms with E-state index < -0.39 is 0 Å². The third-order valence-corrected chi connectivity index (χ3v) is 4.14. The highest BCUT2D eigenvalue weighted by Gasteiger charge is 2.18. The molecule has 2 nitrogen and oxygen atoms in total. The lowest BCUT2D eigenvalue weighted by atomic mass is 10.0. The minimum Gasteiger partial charge on any atom is -0.459 e. The van der Waals surface area contributed by atoms with Crippen LogP contribution in [0, 0.1) is 6.92 Å². The normalized spacial score (nSPS) is 19.6. The molecule has 1 fully saturated rings. The molecule has 0 bridgehead atoms. The molecule has 19 heavy (non-hydrogen) atoms. The van der Waals surface area contributed by atoms with Crippen molar-refractivity contribution in [3.63, 3.8) is 0 Å². The van der Waals surface area contributed by atoms with Gasteiger partial charge in [-0.1, -0.05) is 30.2 Å².